The Morgan fingerprint density at radius 3 is 2.45 bits per heavy atom. The van der Waals surface area contributed by atoms with Crippen molar-refractivity contribution < 1.29 is 27.5 Å². The van der Waals surface area contributed by atoms with Gasteiger partial charge in [0, 0.05) is 18.8 Å². The predicted octanol–water partition coefficient (Wildman–Crippen LogP) is 5.90. The molecule has 0 unspecified atom stereocenters. The highest BCUT2D eigenvalue weighted by Gasteiger charge is 2.34. The molecule has 2 aromatic rings. The summed E-state index contributed by atoms with van der Waals surface area (Å²) in [5, 5.41) is 1.93. The Bertz CT molecular complexity index is 1020. The SMILES string of the molecule is CC(C)(C)OC(=O)N1CCc2ccc(NC(=O)c3cccc(C(F)(F)F)c3Cl)cc2C1. The van der Waals surface area contributed by atoms with E-state index in [1.165, 1.54) is 6.07 Å². The van der Waals surface area contributed by atoms with Crippen LogP contribution in [0.2, 0.25) is 5.02 Å². The number of carbonyl (C=O) groups excluding carboxylic acids is 2. The van der Waals surface area contributed by atoms with E-state index in [0.29, 0.717) is 25.2 Å². The summed E-state index contributed by atoms with van der Waals surface area (Å²) < 4.78 is 44.6. The Morgan fingerprint density at radius 1 is 1.10 bits per heavy atom. The number of alkyl halides is 3. The van der Waals surface area contributed by atoms with Crippen LogP contribution < -0.4 is 5.32 Å². The van der Waals surface area contributed by atoms with Gasteiger partial charge in [-0.15, -0.1) is 0 Å². The first-order valence-corrected chi connectivity index (χ1v) is 10.00. The van der Waals surface area contributed by atoms with Gasteiger partial charge >= 0.3 is 12.3 Å². The van der Waals surface area contributed by atoms with Crippen LogP contribution in [-0.2, 0) is 23.9 Å². The molecule has 0 aromatic heterocycles. The van der Waals surface area contributed by atoms with Crippen molar-refractivity contribution in [2.45, 2.75) is 45.5 Å². The quantitative estimate of drug-likeness (QED) is 0.614. The number of carbonyl (C=O) groups is 2. The molecule has 2 aromatic carbocycles. The second-order valence-corrected chi connectivity index (χ2v) is 8.63. The number of nitrogens with zero attached hydrogens (tertiary/aromatic N) is 1. The second-order valence-electron chi connectivity index (χ2n) is 8.25. The van der Waals surface area contributed by atoms with Gasteiger partial charge in [0.05, 0.1) is 16.1 Å². The summed E-state index contributed by atoms with van der Waals surface area (Å²) in [6.07, 6.45) is -4.46. The lowest BCUT2D eigenvalue weighted by Crippen LogP contribution is -2.39. The Hall–Kier alpha value is -2.74. The number of rotatable bonds is 2. The van der Waals surface area contributed by atoms with Crippen molar-refractivity contribution in [3.63, 3.8) is 0 Å². The molecule has 0 fully saturated rings. The normalized spacial score (nSPS) is 14.1. The summed E-state index contributed by atoms with van der Waals surface area (Å²) >= 11 is 5.84. The largest absolute Gasteiger partial charge is 0.444 e. The second kappa shape index (κ2) is 8.42. The molecule has 1 aliphatic heterocycles. The van der Waals surface area contributed by atoms with Crippen LogP contribution in [0.4, 0.5) is 23.7 Å². The van der Waals surface area contributed by atoms with E-state index < -0.39 is 34.4 Å². The van der Waals surface area contributed by atoms with E-state index in [9.17, 15) is 22.8 Å². The number of hydrogen-bond acceptors (Lipinski definition) is 3. The van der Waals surface area contributed by atoms with Gasteiger partial charge in [0.2, 0.25) is 0 Å². The van der Waals surface area contributed by atoms with Crippen LogP contribution in [0.25, 0.3) is 0 Å². The zero-order chi connectivity index (χ0) is 23.0. The standard InChI is InChI=1S/C22H22ClF3N2O3/c1-21(2,3)31-20(30)28-10-9-13-7-8-15(11-14(13)12-28)27-19(29)16-5-4-6-17(18(16)23)22(24,25)26/h4-8,11H,9-10,12H2,1-3H3,(H,27,29). The van der Waals surface area contributed by atoms with Crippen LogP contribution in [0.3, 0.4) is 0 Å². The first-order chi connectivity index (χ1) is 14.3. The minimum Gasteiger partial charge on any atom is -0.444 e. The maximum Gasteiger partial charge on any atom is 0.417 e. The van der Waals surface area contributed by atoms with E-state index in [2.05, 4.69) is 5.32 Å². The minimum absolute atomic E-state index is 0.274. The molecule has 1 aliphatic rings. The van der Waals surface area contributed by atoms with Crippen LogP contribution >= 0.6 is 11.6 Å². The molecule has 1 heterocycles. The molecule has 0 atom stereocenters. The van der Waals surface area contributed by atoms with Crippen molar-refractivity contribution in [2.24, 2.45) is 0 Å². The summed E-state index contributed by atoms with van der Waals surface area (Å²) in [5.74, 6) is -0.754. The summed E-state index contributed by atoms with van der Waals surface area (Å²) in [6, 6.07) is 8.38. The molecule has 31 heavy (non-hydrogen) atoms. The van der Waals surface area contributed by atoms with Gasteiger partial charge in [-0.25, -0.2) is 4.79 Å². The minimum atomic E-state index is -4.66. The molecular weight excluding hydrogens is 433 g/mol. The van der Waals surface area contributed by atoms with Crippen molar-refractivity contribution >= 4 is 29.3 Å². The maximum absolute atomic E-state index is 13.1. The number of benzene rings is 2. The molecule has 0 spiro atoms. The van der Waals surface area contributed by atoms with Gasteiger partial charge in [0.25, 0.3) is 5.91 Å². The number of nitrogens with one attached hydrogen (secondary N) is 1. The fraction of sp³-hybridized carbons (Fsp3) is 0.364. The summed E-state index contributed by atoms with van der Waals surface area (Å²) in [7, 11) is 0. The van der Waals surface area contributed by atoms with Gasteiger partial charge in [-0.3, -0.25) is 4.79 Å². The smallest absolute Gasteiger partial charge is 0.417 e. The highest BCUT2D eigenvalue weighted by molar-refractivity contribution is 6.35. The van der Waals surface area contributed by atoms with Gasteiger partial charge in [-0.1, -0.05) is 23.7 Å². The van der Waals surface area contributed by atoms with Crippen LogP contribution in [-0.4, -0.2) is 29.0 Å². The van der Waals surface area contributed by atoms with Crippen molar-refractivity contribution in [1.29, 1.82) is 0 Å². The van der Waals surface area contributed by atoms with E-state index in [-0.39, 0.29) is 5.56 Å². The third-order valence-electron chi connectivity index (χ3n) is 4.68. The lowest BCUT2D eigenvalue weighted by Gasteiger charge is -2.31. The highest BCUT2D eigenvalue weighted by atomic mass is 35.5. The zero-order valence-corrected chi connectivity index (χ0v) is 18.0. The molecule has 0 saturated carbocycles. The molecule has 5 nitrogen and oxygen atoms in total. The van der Waals surface area contributed by atoms with Crippen LogP contribution in [0.1, 0.15) is 47.8 Å². The summed E-state index contributed by atoms with van der Waals surface area (Å²) in [4.78, 5) is 26.5. The molecule has 1 N–H and O–H groups in total. The Morgan fingerprint density at radius 2 is 1.81 bits per heavy atom. The lowest BCUT2D eigenvalue weighted by atomic mass is 9.99. The average molecular weight is 455 g/mol. The first-order valence-electron chi connectivity index (χ1n) is 9.62. The fourth-order valence-electron chi connectivity index (χ4n) is 3.24. The molecule has 0 radical (unpaired) electrons. The Balaban J connectivity index is 1.78. The van der Waals surface area contributed by atoms with Crippen molar-refractivity contribution in [2.75, 3.05) is 11.9 Å². The van der Waals surface area contributed by atoms with Crippen molar-refractivity contribution in [3.05, 3.63) is 63.7 Å². The molecule has 0 bridgehead atoms. The fourth-order valence-corrected chi connectivity index (χ4v) is 3.56. The third kappa shape index (κ3) is 5.50. The molecule has 9 heteroatoms. The number of halogens is 4. The number of hydrogen-bond donors (Lipinski definition) is 1. The zero-order valence-electron chi connectivity index (χ0n) is 17.3. The Kier molecular flexibility index (Phi) is 6.23. The average Bonchev–Trinajstić information content (AvgIpc) is 2.65. The Labute approximate surface area is 183 Å². The van der Waals surface area contributed by atoms with Crippen LogP contribution in [0.5, 0.6) is 0 Å². The molecule has 166 valence electrons. The topological polar surface area (TPSA) is 58.6 Å². The van der Waals surface area contributed by atoms with Crippen LogP contribution in [0, 0.1) is 0 Å². The van der Waals surface area contributed by atoms with Crippen LogP contribution in [0.15, 0.2) is 36.4 Å². The van der Waals surface area contributed by atoms with E-state index in [0.717, 1.165) is 23.3 Å². The monoisotopic (exact) mass is 454 g/mol. The number of fused-ring (bicyclic) bond motifs is 1. The third-order valence-corrected chi connectivity index (χ3v) is 5.08. The van der Waals surface area contributed by atoms with E-state index >= 15 is 0 Å². The van der Waals surface area contributed by atoms with Gasteiger partial charge in [0.1, 0.15) is 5.60 Å². The number of ether oxygens (including phenoxy) is 1. The van der Waals surface area contributed by atoms with E-state index in [1.54, 1.807) is 37.8 Å². The van der Waals surface area contributed by atoms with Gasteiger partial charge in [-0.2, -0.15) is 13.2 Å². The highest BCUT2D eigenvalue weighted by Crippen LogP contribution is 2.36. The number of amides is 2. The van der Waals surface area contributed by atoms with Gasteiger partial charge < -0.3 is 15.0 Å². The van der Waals surface area contributed by atoms with E-state index in [1.807, 2.05) is 6.07 Å². The van der Waals surface area contributed by atoms with E-state index in [4.69, 9.17) is 16.3 Å². The summed E-state index contributed by atoms with van der Waals surface area (Å²) in [5.41, 5.74) is 0.283. The van der Waals surface area contributed by atoms with Gasteiger partial charge in [0.15, 0.2) is 0 Å². The predicted molar refractivity (Wildman–Crippen MR) is 111 cm³/mol. The maximum atomic E-state index is 13.1. The molecule has 0 aliphatic carbocycles. The van der Waals surface area contributed by atoms with Crippen molar-refractivity contribution in [1.82, 2.24) is 4.90 Å². The molecular formula is C22H22ClF3N2O3. The summed E-state index contributed by atoms with van der Waals surface area (Å²) in [6.45, 7) is 6.17. The number of anilines is 1. The molecule has 3 rings (SSSR count). The van der Waals surface area contributed by atoms with Gasteiger partial charge in [-0.05, 0) is 62.6 Å². The first kappa shape index (κ1) is 22.9. The molecule has 2 amide bonds. The molecule has 0 saturated heterocycles. The van der Waals surface area contributed by atoms with Crippen molar-refractivity contribution in [3.8, 4) is 0 Å². The lowest BCUT2D eigenvalue weighted by molar-refractivity contribution is -0.137.